The quantitative estimate of drug-likeness (QED) is 0.674. The summed E-state index contributed by atoms with van der Waals surface area (Å²) in [6.45, 7) is -0.137. The molecule has 0 heterocycles. The minimum absolute atomic E-state index is 0.101. The lowest BCUT2D eigenvalue weighted by atomic mass is 10.1. The first-order valence-corrected chi connectivity index (χ1v) is 4.36. The van der Waals surface area contributed by atoms with Gasteiger partial charge in [-0.3, -0.25) is 0 Å². The van der Waals surface area contributed by atoms with E-state index in [0.29, 0.717) is 0 Å². The Balaban J connectivity index is 2.21. The topological polar surface area (TPSA) is 32.3 Å². The third-order valence-corrected chi connectivity index (χ3v) is 2.43. The Bertz CT molecular complexity index is 132. The first-order valence-electron chi connectivity index (χ1n) is 4.36. The molecule has 1 saturated carbocycles. The monoisotopic (exact) mass is 179 g/mol. The van der Waals surface area contributed by atoms with Gasteiger partial charge in [-0.05, 0) is 18.8 Å². The van der Waals surface area contributed by atoms with E-state index >= 15 is 0 Å². The molecule has 0 aromatic carbocycles. The van der Waals surface area contributed by atoms with Crippen molar-refractivity contribution in [3.8, 4) is 0 Å². The molecule has 0 saturated heterocycles. The number of hydrogen-bond donors (Lipinski definition) is 2. The maximum Gasteiger partial charge on any atom is 0.250 e. The lowest BCUT2D eigenvalue weighted by Crippen LogP contribution is -2.36. The number of alkyl halides is 2. The fourth-order valence-corrected chi connectivity index (χ4v) is 1.76. The van der Waals surface area contributed by atoms with Crippen LogP contribution >= 0.6 is 0 Å². The SMILES string of the molecule is OCC1CCCC1NCC(F)F. The van der Waals surface area contributed by atoms with E-state index in [-0.39, 0.29) is 25.1 Å². The molecular weight excluding hydrogens is 164 g/mol. The number of halogens is 2. The van der Waals surface area contributed by atoms with Crippen LogP contribution in [-0.4, -0.2) is 30.7 Å². The van der Waals surface area contributed by atoms with Crippen molar-refractivity contribution in [2.75, 3.05) is 13.2 Å². The van der Waals surface area contributed by atoms with Crippen LogP contribution in [0.2, 0.25) is 0 Å². The van der Waals surface area contributed by atoms with Gasteiger partial charge in [0.1, 0.15) is 0 Å². The Morgan fingerprint density at radius 1 is 1.42 bits per heavy atom. The van der Waals surface area contributed by atoms with Gasteiger partial charge in [-0.15, -0.1) is 0 Å². The van der Waals surface area contributed by atoms with Crippen molar-refractivity contribution in [1.29, 1.82) is 0 Å². The molecule has 1 aliphatic carbocycles. The van der Waals surface area contributed by atoms with Crippen LogP contribution < -0.4 is 5.32 Å². The van der Waals surface area contributed by atoms with E-state index in [9.17, 15) is 8.78 Å². The van der Waals surface area contributed by atoms with Gasteiger partial charge in [0.15, 0.2) is 0 Å². The predicted molar refractivity (Wildman–Crippen MR) is 42.2 cm³/mol. The van der Waals surface area contributed by atoms with Crippen molar-refractivity contribution >= 4 is 0 Å². The lowest BCUT2D eigenvalue weighted by Gasteiger charge is -2.18. The summed E-state index contributed by atoms with van der Waals surface area (Å²) in [6.07, 6.45) is 0.617. The smallest absolute Gasteiger partial charge is 0.250 e. The molecule has 2 atom stereocenters. The molecule has 12 heavy (non-hydrogen) atoms. The molecule has 0 bridgehead atoms. The summed E-state index contributed by atoms with van der Waals surface area (Å²) in [5.74, 6) is 0.184. The highest BCUT2D eigenvalue weighted by molar-refractivity contribution is 4.82. The Morgan fingerprint density at radius 3 is 2.75 bits per heavy atom. The molecule has 2 nitrogen and oxygen atoms in total. The van der Waals surface area contributed by atoms with E-state index in [2.05, 4.69) is 5.32 Å². The fourth-order valence-electron chi connectivity index (χ4n) is 1.76. The van der Waals surface area contributed by atoms with Crippen LogP contribution in [0.25, 0.3) is 0 Å². The number of aliphatic hydroxyl groups excluding tert-OH is 1. The summed E-state index contributed by atoms with van der Waals surface area (Å²) in [7, 11) is 0. The maximum atomic E-state index is 11.8. The van der Waals surface area contributed by atoms with Crippen LogP contribution in [0.15, 0.2) is 0 Å². The number of hydrogen-bond acceptors (Lipinski definition) is 2. The highest BCUT2D eigenvalue weighted by atomic mass is 19.3. The third kappa shape index (κ3) is 2.68. The van der Waals surface area contributed by atoms with Crippen molar-refractivity contribution in [3.63, 3.8) is 0 Å². The van der Waals surface area contributed by atoms with Gasteiger partial charge in [0.2, 0.25) is 0 Å². The van der Waals surface area contributed by atoms with Crippen LogP contribution in [0.1, 0.15) is 19.3 Å². The average Bonchev–Trinajstić information content (AvgIpc) is 2.47. The Morgan fingerprint density at radius 2 is 2.17 bits per heavy atom. The molecule has 0 spiro atoms. The molecule has 0 aromatic heterocycles. The van der Waals surface area contributed by atoms with Gasteiger partial charge in [0.05, 0.1) is 6.54 Å². The maximum absolute atomic E-state index is 11.8. The number of aliphatic hydroxyl groups is 1. The zero-order valence-electron chi connectivity index (χ0n) is 6.97. The molecule has 2 unspecified atom stereocenters. The van der Waals surface area contributed by atoms with Crippen molar-refractivity contribution in [2.45, 2.75) is 31.7 Å². The molecule has 1 rings (SSSR count). The molecule has 2 N–H and O–H groups in total. The summed E-state index contributed by atoms with van der Waals surface area (Å²) >= 11 is 0. The van der Waals surface area contributed by atoms with Crippen molar-refractivity contribution in [3.05, 3.63) is 0 Å². The van der Waals surface area contributed by atoms with Crippen molar-refractivity contribution < 1.29 is 13.9 Å². The second kappa shape index (κ2) is 4.72. The number of rotatable bonds is 4. The predicted octanol–water partition coefficient (Wildman–Crippen LogP) is 1.00. The molecule has 4 heteroatoms. The van der Waals surface area contributed by atoms with Gasteiger partial charge in [0, 0.05) is 12.6 Å². The number of nitrogens with one attached hydrogen (secondary N) is 1. The Labute approximate surface area is 71.0 Å². The summed E-state index contributed by atoms with van der Waals surface area (Å²) < 4.78 is 23.6. The summed E-state index contributed by atoms with van der Waals surface area (Å²) in [5, 5.41) is 11.6. The van der Waals surface area contributed by atoms with E-state index < -0.39 is 6.43 Å². The summed E-state index contributed by atoms with van der Waals surface area (Å²) in [5.41, 5.74) is 0. The van der Waals surface area contributed by atoms with Gasteiger partial charge in [-0.2, -0.15) is 0 Å². The molecular formula is C8H15F2NO. The van der Waals surface area contributed by atoms with E-state index in [1.807, 2.05) is 0 Å². The van der Waals surface area contributed by atoms with E-state index in [1.165, 1.54) is 0 Å². The zero-order valence-corrected chi connectivity index (χ0v) is 6.97. The average molecular weight is 179 g/mol. The van der Waals surface area contributed by atoms with Crippen LogP contribution in [0.3, 0.4) is 0 Å². The minimum atomic E-state index is -2.29. The van der Waals surface area contributed by atoms with Crippen LogP contribution in [-0.2, 0) is 0 Å². The first-order chi connectivity index (χ1) is 5.74. The standard InChI is InChI=1S/C8H15F2NO/c9-8(10)4-11-7-3-1-2-6(7)5-12/h6-8,11-12H,1-5H2. The van der Waals surface area contributed by atoms with Crippen molar-refractivity contribution in [2.24, 2.45) is 5.92 Å². The van der Waals surface area contributed by atoms with Crippen LogP contribution in [0, 0.1) is 5.92 Å². The Hall–Kier alpha value is -0.220. The molecule has 1 fully saturated rings. The molecule has 1 aliphatic rings. The van der Waals surface area contributed by atoms with E-state index in [0.717, 1.165) is 19.3 Å². The molecule has 0 radical (unpaired) electrons. The van der Waals surface area contributed by atoms with E-state index in [4.69, 9.17) is 5.11 Å². The molecule has 72 valence electrons. The largest absolute Gasteiger partial charge is 0.396 e. The Kier molecular flexibility index (Phi) is 3.88. The fraction of sp³-hybridized carbons (Fsp3) is 1.00. The summed E-state index contributed by atoms with van der Waals surface area (Å²) in [6, 6.07) is 0.101. The van der Waals surface area contributed by atoms with Crippen LogP contribution in [0.4, 0.5) is 8.78 Å². The van der Waals surface area contributed by atoms with Gasteiger partial charge < -0.3 is 10.4 Å². The third-order valence-electron chi connectivity index (χ3n) is 2.43. The van der Waals surface area contributed by atoms with Gasteiger partial charge >= 0.3 is 0 Å². The second-order valence-corrected chi connectivity index (χ2v) is 3.28. The van der Waals surface area contributed by atoms with Gasteiger partial charge in [-0.25, -0.2) is 8.78 Å². The summed E-state index contributed by atoms with van der Waals surface area (Å²) in [4.78, 5) is 0. The van der Waals surface area contributed by atoms with Gasteiger partial charge in [-0.1, -0.05) is 6.42 Å². The highest BCUT2D eigenvalue weighted by Gasteiger charge is 2.26. The minimum Gasteiger partial charge on any atom is -0.396 e. The van der Waals surface area contributed by atoms with Gasteiger partial charge in [0.25, 0.3) is 6.43 Å². The zero-order chi connectivity index (χ0) is 8.97. The van der Waals surface area contributed by atoms with E-state index in [1.54, 1.807) is 0 Å². The lowest BCUT2D eigenvalue weighted by molar-refractivity contribution is 0.131. The normalized spacial score (nSPS) is 30.0. The van der Waals surface area contributed by atoms with Crippen LogP contribution in [0.5, 0.6) is 0 Å². The first kappa shape index (κ1) is 9.86. The molecule has 0 aromatic rings. The molecule has 0 aliphatic heterocycles. The molecule has 0 amide bonds. The highest BCUT2D eigenvalue weighted by Crippen LogP contribution is 2.24. The second-order valence-electron chi connectivity index (χ2n) is 3.28. The van der Waals surface area contributed by atoms with Crippen molar-refractivity contribution in [1.82, 2.24) is 5.32 Å².